The van der Waals surface area contributed by atoms with Crippen LogP contribution in [0.3, 0.4) is 0 Å². The maximum absolute atomic E-state index is 12.1. The lowest BCUT2D eigenvalue weighted by atomic mass is 10.1. The molecule has 20 heavy (non-hydrogen) atoms. The van der Waals surface area contributed by atoms with E-state index < -0.39 is 0 Å². The molecule has 6 heteroatoms. The molecule has 1 aromatic carbocycles. The molecule has 0 fully saturated rings. The van der Waals surface area contributed by atoms with E-state index in [9.17, 15) is 4.79 Å². The Morgan fingerprint density at radius 1 is 1.45 bits per heavy atom. The zero-order valence-corrected chi connectivity index (χ0v) is 11.6. The number of aromatic nitrogens is 2. The molecular weight excluding hydrogens is 256 g/mol. The highest BCUT2D eigenvalue weighted by Crippen LogP contribution is 2.19. The fourth-order valence-electron chi connectivity index (χ4n) is 1.83. The maximum Gasteiger partial charge on any atom is 0.251 e. The highest BCUT2D eigenvalue weighted by Gasteiger charge is 2.09. The van der Waals surface area contributed by atoms with E-state index in [1.807, 2.05) is 24.7 Å². The molecule has 2 rings (SSSR count). The summed E-state index contributed by atoms with van der Waals surface area (Å²) in [4.78, 5) is 16.2. The Morgan fingerprint density at radius 3 is 2.90 bits per heavy atom. The van der Waals surface area contributed by atoms with Crippen LogP contribution in [0.1, 0.15) is 23.1 Å². The summed E-state index contributed by atoms with van der Waals surface area (Å²) in [5.41, 5.74) is 6.74. The van der Waals surface area contributed by atoms with Crippen LogP contribution in [0.2, 0.25) is 0 Å². The summed E-state index contributed by atoms with van der Waals surface area (Å²) in [6.07, 6.45) is 3.52. The van der Waals surface area contributed by atoms with E-state index >= 15 is 0 Å². The lowest BCUT2D eigenvalue weighted by Crippen LogP contribution is -2.24. The highest BCUT2D eigenvalue weighted by molar-refractivity contribution is 5.95. The van der Waals surface area contributed by atoms with Crippen molar-refractivity contribution < 1.29 is 9.53 Å². The van der Waals surface area contributed by atoms with Crippen molar-refractivity contribution in [3.05, 3.63) is 42.0 Å². The molecule has 106 valence electrons. The van der Waals surface area contributed by atoms with Gasteiger partial charge in [-0.25, -0.2) is 4.98 Å². The molecule has 1 heterocycles. The van der Waals surface area contributed by atoms with E-state index in [2.05, 4.69) is 10.3 Å². The molecule has 0 radical (unpaired) electrons. The van der Waals surface area contributed by atoms with Gasteiger partial charge in [-0.3, -0.25) is 4.79 Å². The number of nitrogens with zero attached hydrogens (tertiary/aromatic N) is 2. The molecule has 1 amide bonds. The molecule has 3 N–H and O–H groups in total. The smallest absolute Gasteiger partial charge is 0.251 e. The van der Waals surface area contributed by atoms with E-state index in [0.717, 1.165) is 5.82 Å². The van der Waals surface area contributed by atoms with Crippen LogP contribution >= 0.6 is 0 Å². The number of carbonyl (C=O) groups is 1. The predicted molar refractivity (Wildman–Crippen MR) is 76.4 cm³/mol. The van der Waals surface area contributed by atoms with Crippen molar-refractivity contribution >= 4 is 11.6 Å². The van der Waals surface area contributed by atoms with Gasteiger partial charge < -0.3 is 20.4 Å². The van der Waals surface area contributed by atoms with Crippen LogP contribution in [0.25, 0.3) is 0 Å². The SMILES string of the molecule is CCOc1cc(N)cc(C(=O)NCc2nccn2C)c1. The monoisotopic (exact) mass is 274 g/mol. The van der Waals surface area contributed by atoms with E-state index in [-0.39, 0.29) is 5.91 Å². The lowest BCUT2D eigenvalue weighted by molar-refractivity contribution is 0.0949. The van der Waals surface area contributed by atoms with Gasteiger partial charge in [0, 0.05) is 36.8 Å². The van der Waals surface area contributed by atoms with Crippen molar-refractivity contribution in [3.8, 4) is 5.75 Å². The number of hydrogen-bond acceptors (Lipinski definition) is 4. The Kier molecular flexibility index (Phi) is 4.24. The molecule has 6 nitrogen and oxygen atoms in total. The minimum atomic E-state index is -0.207. The number of nitrogens with one attached hydrogen (secondary N) is 1. The summed E-state index contributed by atoms with van der Waals surface area (Å²) in [7, 11) is 1.88. The molecule has 0 aliphatic rings. The third-order valence-electron chi connectivity index (χ3n) is 2.83. The average Bonchev–Trinajstić information content (AvgIpc) is 2.81. The number of amides is 1. The van der Waals surface area contributed by atoms with Crippen molar-refractivity contribution in [2.75, 3.05) is 12.3 Å². The number of aryl methyl sites for hydroxylation is 1. The third kappa shape index (κ3) is 3.28. The van der Waals surface area contributed by atoms with E-state index in [0.29, 0.717) is 30.2 Å². The average molecular weight is 274 g/mol. The van der Waals surface area contributed by atoms with E-state index in [1.54, 1.807) is 24.4 Å². The highest BCUT2D eigenvalue weighted by atomic mass is 16.5. The van der Waals surface area contributed by atoms with Crippen LogP contribution in [0.15, 0.2) is 30.6 Å². The largest absolute Gasteiger partial charge is 0.494 e. The lowest BCUT2D eigenvalue weighted by Gasteiger charge is -2.09. The summed E-state index contributed by atoms with van der Waals surface area (Å²) in [6, 6.07) is 4.99. The standard InChI is InChI=1S/C14H18N4O2/c1-3-20-12-7-10(6-11(15)8-12)14(19)17-9-13-16-4-5-18(13)2/h4-8H,3,9,15H2,1-2H3,(H,17,19). The van der Waals surface area contributed by atoms with Gasteiger partial charge in [0.1, 0.15) is 11.6 Å². The number of nitrogen functional groups attached to an aromatic ring is 1. The zero-order valence-electron chi connectivity index (χ0n) is 11.6. The van der Waals surface area contributed by atoms with Crippen molar-refractivity contribution in [1.29, 1.82) is 0 Å². The van der Waals surface area contributed by atoms with Gasteiger partial charge in [-0.05, 0) is 19.1 Å². The van der Waals surface area contributed by atoms with Crippen molar-refractivity contribution in [2.24, 2.45) is 7.05 Å². The van der Waals surface area contributed by atoms with Gasteiger partial charge in [0.25, 0.3) is 5.91 Å². The molecule has 0 aliphatic carbocycles. The fraction of sp³-hybridized carbons (Fsp3) is 0.286. The van der Waals surface area contributed by atoms with Crippen LogP contribution in [-0.2, 0) is 13.6 Å². The quantitative estimate of drug-likeness (QED) is 0.806. The second kappa shape index (κ2) is 6.10. The van der Waals surface area contributed by atoms with Crippen LogP contribution in [0, 0.1) is 0 Å². The van der Waals surface area contributed by atoms with Gasteiger partial charge in [0.2, 0.25) is 0 Å². The molecule has 0 aliphatic heterocycles. The fourth-order valence-corrected chi connectivity index (χ4v) is 1.83. The van der Waals surface area contributed by atoms with Gasteiger partial charge in [0.15, 0.2) is 0 Å². The number of anilines is 1. The summed E-state index contributed by atoms with van der Waals surface area (Å²) in [5, 5.41) is 2.81. The normalized spacial score (nSPS) is 10.3. The van der Waals surface area contributed by atoms with Crippen molar-refractivity contribution in [1.82, 2.24) is 14.9 Å². The molecule has 0 unspecified atom stereocenters. The van der Waals surface area contributed by atoms with Gasteiger partial charge >= 0.3 is 0 Å². The summed E-state index contributed by atoms with van der Waals surface area (Å²) in [5.74, 6) is 1.17. The Balaban J connectivity index is 2.07. The second-order valence-corrected chi connectivity index (χ2v) is 4.36. The number of nitrogens with two attached hydrogens (primary N) is 1. The first-order chi connectivity index (χ1) is 9.60. The van der Waals surface area contributed by atoms with Crippen LogP contribution in [0.4, 0.5) is 5.69 Å². The molecule has 0 bridgehead atoms. The van der Waals surface area contributed by atoms with E-state index in [1.165, 1.54) is 0 Å². The molecule has 0 spiro atoms. The number of rotatable bonds is 5. The van der Waals surface area contributed by atoms with Crippen molar-refractivity contribution in [2.45, 2.75) is 13.5 Å². The van der Waals surface area contributed by atoms with Crippen LogP contribution < -0.4 is 15.8 Å². The van der Waals surface area contributed by atoms with Gasteiger partial charge in [-0.15, -0.1) is 0 Å². The topological polar surface area (TPSA) is 82.2 Å². The van der Waals surface area contributed by atoms with Crippen LogP contribution in [-0.4, -0.2) is 22.1 Å². The number of carbonyl (C=O) groups excluding carboxylic acids is 1. The Bertz CT molecular complexity index is 607. The number of ether oxygens (including phenoxy) is 1. The van der Waals surface area contributed by atoms with Gasteiger partial charge in [0.05, 0.1) is 13.2 Å². The Morgan fingerprint density at radius 2 is 2.25 bits per heavy atom. The molecule has 0 saturated carbocycles. The zero-order chi connectivity index (χ0) is 14.5. The molecule has 2 aromatic rings. The first-order valence-electron chi connectivity index (χ1n) is 6.38. The molecule has 0 saturated heterocycles. The molecule has 0 atom stereocenters. The van der Waals surface area contributed by atoms with Crippen molar-refractivity contribution in [3.63, 3.8) is 0 Å². The second-order valence-electron chi connectivity index (χ2n) is 4.36. The summed E-state index contributed by atoms with van der Waals surface area (Å²) in [6.45, 7) is 2.77. The molecule has 1 aromatic heterocycles. The van der Waals surface area contributed by atoms with Gasteiger partial charge in [-0.2, -0.15) is 0 Å². The third-order valence-corrected chi connectivity index (χ3v) is 2.83. The number of imidazole rings is 1. The first kappa shape index (κ1) is 13.9. The minimum absolute atomic E-state index is 0.207. The number of benzene rings is 1. The van der Waals surface area contributed by atoms with E-state index in [4.69, 9.17) is 10.5 Å². The molecular formula is C14H18N4O2. The first-order valence-corrected chi connectivity index (χ1v) is 6.38. The number of hydrogen-bond donors (Lipinski definition) is 2. The van der Waals surface area contributed by atoms with Gasteiger partial charge in [-0.1, -0.05) is 0 Å². The predicted octanol–water partition coefficient (Wildman–Crippen LogP) is 1.33. The summed E-state index contributed by atoms with van der Waals surface area (Å²) < 4.78 is 7.22. The van der Waals surface area contributed by atoms with Crippen LogP contribution in [0.5, 0.6) is 5.75 Å². The summed E-state index contributed by atoms with van der Waals surface area (Å²) >= 11 is 0. The Labute approximate surface area is 117 Å². The minimum Gasteiger partial charge on any atom is -0.494 e. The Hall–Kier alpha value is -2.50. The maximum atomic E-state index is 12.1.